The van der Waals surface area contributed by atoms with E-state index >= 15 is 0 Å². The Bertz CT molecular complexity index is 48.8. The SMILES string of the molecule is Cl.NC(=O)NS. The van der Waals surface area contributed by atoms with Gasteiger partial charge in [0.2, 0.25) is 0 Å². The molecule has 0 aromatic rings. The van der Waals surface area contributed by atoms with Crippen LogP contribution in [0, 0.1) is 0 Å². The van der Waals surface area contributed by atoms with Crippen LogP contribution < -0.4 is 10.5 Å². The minimum Gasteiger partial charge on any atom is -0.351 e. The van der Waals surface area contributed by atoms with Crippen molar-refractivity contribution in [2.75, 3.05) is 0 Å². The smallest absolute Gasteiger partial charge is 0.321 e. The van der Waals surface area contributed by atoms with Crippen LogP contribution in [0.25, 0.3) is 0 Å². The number of urea groups is 1. The quantitative estimate of drug-likeness (QED) is 0.393. The van der Waals surface area contributed by atoms with Gasteiger partial charge in [0.15, 0.2) is 0 Å². The molecule has 0 heterocycles. The molecule has 6 heavy (non-hydrogen) atoms. The second kappa shape index (κ2) is 4.91. The molecule has 0 saturated heterocycles. The Morgan fingerprint density at radius 1 is 1.83 bits per heavy atom. The summed E-state index contributed by atoms with van der Waals surface area (Å²) in [5.41, 5.74) is 4.47. The van der Waals surface area contributed by atoms with Gasteiger partial charge in [-0.2, -0.15) is 0 Å². The van der Waals surface area contributed by atoms with Gasteiger partial charge in [-0.1, -0.05) is 12.8 Å². The Kier molecular flexibility index (Phi) is 7.63. The summed E-state index contributed by atoms with van der Waals surface area (Å²) in [5.74, 6) is 0. The Balaban J connectivity index is 0. The lowest BCUT2D eigenvalue weighted by atomic mass is 11.2. The van der Waals surface area contributed by atoms with Gasteiger partial charge < -0.3 is 5.73 Å². The number of hydrogen-bond donors (Lipinski definition) is 3. The van der Waals surface area contributed by atoms with Gasteiger partial charge in [0.25, 0.3) is 0 Å². The predicted octanol–water partition coefficient (Wildman–Crippen LogP) is -0.0787. The molecule has 0 saturated carbocycles. The molecule has 5 heteroatoms. The van der Waals surface area contributed by atoms with E-state index in [1.165, 1.54) is 0 Å². The summed E-state index contributed by atoms with van der Waals surface area (Å²) in [4.78, 5) is 9.40. The first-order valence-electron chi connectivity index (χ1n) is 0.966. The topological polar surface area (TPSA) is 55.1 Å². The molecule has 0 bridgehead atoms. The van der Waals surface area contributed by atoms with Crippen LogP contribution in [0.4, 0.5) is 4.79 Å². The number of nitrogens with one attached hydrogen (secondary N) is 1. The summed E-state index contributed by atoms with van der Waals surface area (Å²) in [5, 5.41) is 0. The van der Waals surface area contributed by atoms with Crippen LogP contribution in [0.1, 0.15) is 0 Å². The average molecular weight is 129 g/mol. The maximum Gasteiger partial charge on any atom is 0.321 e. The van der Waals surface area contributed by atoms with Crippen LogP contribution in [0.5, 0.6) is 0 Å². The molecule has 3 nitrogen and oxygen atoms in total. The minimum absolute atomic E-state index is 0. The number of nitrogens with two attached hydrogens (primary N) is 1. The first-order chi connectivity index (χ1) is 2.27. The van der Waals surface area contributed by atoms with E-state index in [4.69, 9.17) is 0 Å². The average Bonchev–Trinajstić information content (AvgIpc) is 1.38. The van der Waals surface area contributed by atoms with E-state index < -0.39 is 6.03 Å². The van der Waals surface area contributed by atoms with Crippen LogP contribution in [0.3, 0.4) is 0 Å². The lowest BCUT2D eigenvalue weighted by molar-refractivity contribution is 0.254. The molecule has 3 N–H and O–H groups in total. The summed E-state index contributed by atoms with van der Waals surface area (Å²) >= 11 is 3.29. The highest BCUT2D eigenvalue weighted by Crippen LogP contribution is 1.52. The highest BCUT2D eigenvalue weighted by Gasteiger charge is 1.74. The molecule has 0 radical (unpaired) electrons. The number of rotatable bonds is 0. The number of primary amides is 1. The molecule has 0 atom stereocenters. The molecule has 0 spiro atoms. The van der Waals surface area contributed by atoms with E-state index in [0.717, 1.165) is 0 Å². The standard InChI is InChI=1S/CH4N2OS.ClH/c2-1(4)3-5;/h5H,(H3,2,3,4);1H. The van der Waals surface area contributed by atoms with Gasteiger partial charge in [-0.3, -0.25) is 4.72 Å². The molecular weight excluding hydrogens is 124 g/mol. The Hall–Kier alpha value is -0.0900. The van der Waals surface area contributed by atoms with Crippen LogP contribution in [0.15, 0.2) is 0 Å². The van der Waals surface area contributed by atoms with Gasteiger partial charge in [0, 0.05) is 0 Å². The highest BCUT2D eigenvalue weighted by molar-refractivity contribution is 7.78. The highest BCUT2D eigenvalue weighted by atomic mass is 35.5. The molecule has 0 rings (SSSR count). The van der Waals surface area contributed by atoms with Gasteiger partial charge in [0.05, 0.1) is 0 Å². The molecule has 0 aromatic carbocycles. The molecule has 2 amide bonds. The van der Waals surface area contributed by atoms with Gasteiger partial charge in [-0.05, 0) is 0 Å². The summed E-state index contributed by atoms with van der Waals surface area (Å²) < 4.78 is 1.86. The fraction of sp³-hybridized carbons (Fsp3) is 0. The van der Waals surface area contributed by atoms with Crippen molar-refractivity contribution in [1.82, 2.24) is 4.72 Å². The van der Waals surface area contributed by atoms with Crippen LogP contribution in [-0.4, -0.2) is 6.03 Å². The van der Waals surface area contributed by atoms with Gasteiger partial charge in [-0.25, -0.2) is 4.79 Å². The molecule has 0 aliphatic heterocycles. The van der Waals surface area contributed by atoms with Gasteiger partial charge >= 0.3 is 6.03 Å². The van der Waals surface area contributed by atoms with Crippen LogP contribution in [-0.2, 0) is 0 Å². The summed E-state index contributed by atoms with van der Waals surface area (Å²) in [7, 11) is 0. The van der Waals surface area contributed by atoms with Crippen molar-refractivity contribution in [3.05, 3.63) is 0 Å². The molecular formula is CH5ClN2OS. The monoisotopic (exact) mass is 128 g/mol. The number of amides is 2. The third-order valence-electron chi connectivity index (χ3n) is 0.110. The minimum atomic E-state index is -0.631. The number of carbonyl (C=O) groups is 1. The normalized spacial score (nSPS) is 5.50. The second-order valence-corrected chi connectivity index (χ2v) is 0.700. The maximum absolute atomic E-state index is 9.40. The van der Waals surface area contributed by atoms with E-state index in [9.17, 15) is 4.79 Å². The number of hydrogen-bond acceptors (Lipinski definition) is 2. The Labute approximate surface area is 47.2 Å². The number of thiol groups is 1. The molecule has 0 aliphatic rings. The molecule has 0 fully saturated rings. The van der Waals surface area contributed by atoms with Crippen LogP contribution in [0.2, 0.25) is 0 Å². The fourth-order valence-electron chi connectivity index (χ4n) is 0. The van der Waals surface area contributed by atoms with Crippen molar-refractivity contribution in [2.24, 2.45) is 5.73 Å². The fourth-order valence-corrected chi connectivity index (χ4v) is 0. The Morgan fingerprint density at radius 2 is 2.00 bits per heavy atom. The molecule has 0 aromatic heterocycles. The first kappa shape index (κ1) is 9.32. The zero-order valence-corrected chi connectivity index (χ0v) is 4.55. The number of halogens is 1. The van der Waals surface area contributed by atoms with E-state index in [-0.39, 0.29) is 12.4 Å². The van der Waals surface area contributed by atoms with E-state index in [1.807, 2.05) is 4.72 Å². The molecule has 38 valence electrons. The van der Waals surface area contributed by atoms with Crippen molar-refractivity contribution in [3.63, 3.8) is 0 Å². The largest absolute Gasteiger partial charge is 0.351 e. The maximum atomic E-state index is 9.40. The number of carbonyl (C=O) groups excluding carboxylic acids is 1. The predicted molar refractivity (Wildman–Crippen MR) is 29.0 cm³/mol. The summed E-state index contributed by atoms with van der Waals surface area (Å²) in [6.45, 7) is 0. The van der Waals surface area contributed by atoms with Crippen molar-refractivity contribution in [3.8, 4) is 0 Å². The lowest BCUT2D eigenvalue weighted by Gasteiger charge is -1.79. The molecule has 0 aliphatic carbocycles. The van der Waals surface area contributed by atoms with E-state index in [0.29, 0.717) is 0 Å². The molecule has 0 unspecified atom stereocenters. The van der Waals surface area contributed by atoms with E-state index in [2.05, 4.69) is 18.5 Å². The van der Waals surface area contributed by atoms with E-state index in [1.54, 1.807) is 0 Å². The van der Waals surface area contributed by atoms with Crippen molar-refractivity contribution >= 4 is 31.3 Å². The second-order valence-electron chi connectivity index (χ2n) is 0.476. The summed E-state index contributed by atoms with van der Waals surface area (Å²) in [6, 6.07) is -0.631. The van der Waals surface area contributed by atoms with Gasteiger partial charge in [-0.15, -0.1) is 12.4 Å². The van der Waals surface area contributed by atoms with Crippen LogP contribution >= 0.6 is 25.2 Å². The Morgan fingerprint density at radius 3 is 2.00 bits per heavy atom. The first-order valence-corrected chi connectivity index (χ1v) is 1.41. The van der Waals surface area contributed by atoms with Crippen molar-refractivity contribution in [1.29, 1.82) is 0 Å². The third-order valence-corrected chi connectivity index (χ3v) is 0.331. The third kappa shape index (κ3) is 9.08. The van der Waals surface area contributed by atoms with Gasteiger partial charge in [0.1, 0.15) is 0 Å². The zero-order valence-electron chi connectivity index (χ0n) is 2.84. The summed E-state index contributed by atoms with van der Waals surface area (Å²) in [6.07, 6.45) is 0. The van der Waals surface area contributed by atoms with Crippen molar-refractivity contribution in [2.45, 2.75) is 0 Å². The lowest BCUT2D eigenvalue weighted by Crippen LogP contribution is -2.20. The zero-order chi connectivity index (χ0) is 4.28. The van der Waals surface area contributed by atoms with Crippen molar-refractivity contribution < 1.29 is 4.79 Å².